The molecule has 0 bridgehead atoms. The first-order valence-corrected chi connectivity index (χ1v) is 11.1. The van der Waals surface area contributed by atoms with Crippen LogP contribution in [-0.2, 0) is 9.47 Å². The summed E-state index contributed by atoms with van der Waals surface area (Å²) in [7, 11) is 0. The number of hydrogen-bond acceptors (Lipinski definition) is 5. The van der Waals surface area contributed by atoms with Gasteiger partial charge in [-0.2, -0.15) is 0 Å². The van der Waals surface area contributed by atoms with E-state index in [1.807, 2.05) is 0 Å². The minimum Gasteiger partial charge on any atom is -0.396 e. The van der Waals surface area contributed by atoms with Crippen LogP contribution in [0, 0.1) is 0 Å². The van der Waals surface area contributed by atoms with Crippen molar-refractivity contribution >= 4 is 28.9 Å². The third-order valence-corrected chi connectivity index (χ3v) is 5.02. The van der Waals surface area contributed by atoms with Gasteiger partial charge in [0, 0.05) is 33.0 Å². The zero-order valence-corrected chi connectivity index (χ0v) is 18.5. The van der Waals surface area contributed by atoms with Crippen LogP contribution in [-0.4, -0.2) is 44.6 Å². The Balaban J connectivity index is 1.93. The zero-order chi connectivity index (χ0) is 20.6. The van der Waals surface area contributed by atoms with Crippen molar-refractivity contribution in [2.24, 2.45) is 0 Å². The van der Waals surface area contributed by atoms with E-state index in [4.69, 9.17) is 38.4 Å². The number of nitrogen functional groups attached to an aromatic ring is 1. The summed E-state index contributed by atoms with van der Waals surface area (Å²) in [5, 5.41) is 14.2. The Bertz CT molecular complexity index is 509. The number of anilines is 1. The Morgan fingerprint density at radius 2 is 1.46 bits per heavy atom. The van der Waals surface area contributed by atoms with Gasteiger partial charge in [0.15, 0.2) is 0 Å². The summed E-state index contributed by atoms with van der Waals surface area (Å²) in [5.74, 6) is 0. The van der Waals surface area contributed by atoms with Crippen molar-refractivity contribution in [2.45, 2.75) is 58.0 Å². The van der Waals surface area contributed by atoms with E-state index >= 15 is 0 Å². The van der Waals surface area contributed by atoms with Crippen molar-refractivity contribution in [3.8, 4) is 0 Å². The molecule has 0 fully saturated rings. The molecular formula is C21H36Cl2N2O3. The van der Waals surface area contributed by atoms with Gasteiger partial charge in [0.25, 0.3) is 0 Å². The maximum absolute atomic E-state index is 10.2. The molecule has 0 heterocycles. The number of benzene rings is 1. The van der Waals surface area contributed by atoms with Crippen molar-refractivity contribution in [3.05, 3.63) is 27.7 Å². The molecule has 0 saturated heterocycles. The highest BCUT2D eigenvalue weighted by atomic mass is 35.5. The van der Waals surface area contributed by atoms with Crippen LogP contribution >= 0.6 is 23.2 Å². The third kappa shape index (κ3) is 11.4. The quantitative estimate of drug-likeness (QED) is 0.238. The molecule has 0 saturated carbocycles. The fraction of sp³-hybridized carbons (Fsp3) is 0.714. The number of rotatable bonds is 17. The largest absolute Gasteiger partial charge is 0.396 e. The number of hydrogen-bond donors (Lipinski definition) is 3. The van der Waals surface area contributed by atoms with E-state index in [9.17, 15) is 5.11 Å². The minimum atomic E-state index is -0.656. The topological polar surface area (TPSA) is 76.7 Å². The number of nitrogens with two attached hydrogens (primary N) is 1. The number of unbranched alkanes of at least 4 members (excludes halogenated alkanes) is 4. The summed E-state index contributed by atoms with van der Waals surface area (Å²) in [6, 6.07) is 3.32. The van der Waals surface area contributed by atoms with Crippen molar-refractivity contribution in [1.29, 1.82) is 0 Å². The Morgan fingerprint density at radius 3 is 2.07 bits per heavy atom. The van der Waals surface area contributed by atoms with Crippen LogP contribution < -0.4 is 11.1 Å². The van der Waals surface area contributed by atoms with Crippen molar-refractivity contribution in [3.63, 3.8) is 0 Å². The SMILES string of the molecule is CCCOCCCCOCCCCCCNCC(O)c1cc(Cl)c(N)c(Cl)c1. The van der Waals surface area contributed by atoms with E-state index in [1.165, 1.54) is 0 Å². The van der Waals surface area contributed by atoms with Crippen LogP contribution in [0.3, 0.4) is 0 Å². The van der Waals surface area contributed by atoms with Gasteiger partial charge in [-0.15, -0.1) is 0 Å². The van der Waals surface area contributed by atoms with Gasteiger partial charge in [0.2, 0.25) is 0 Å². The minimum absolute atomic E-state index is 0.345. The lowest BCUT2D eigenvalue weighted by atomic mass is 10.1. The number of nitrogens with one attached hydrogen (secondary N) is 1. The summed E-state index contributed by atoms with van der Waals surface area (Å²) in [4.78, 5) is 0. The normalized spacial score (nSPS) is 12.4. The van der Waals surface area contributed by atoms with E-state index in [2.05, 4.69) is 12.2 Å². The average Bonchev–Trinajstić information content (AvgIpc) is 2.68. The van der Waals surface area contributed by atoms with Gasteiger partial charge in [-0.1, -0.05) is 43.0 Å². The number of aliphatic hydroxyl groups is 1. The second-order valence-corrected chi connectivity index (χ2v) is 7.78. The molecule has 0 radical (unpaired) electrons. The van der Waals surface area contributed by atoms with Crippen LogP contribution in [0.1, 0.15) is 63.5 Å². The van der Waals surface area contributed by atoms with E-state index in [1.54, 1.807) is 12.1 Å². The monoisotopic (exact) mass is 434 g/mol. The first-order valence-electron chi connectivity index (χ1n) is 10.3. The average molecular weight is 435 g/mol. The predicted molar refractivity (Wildman–Crippen MR) is 118 cm³/mol. The maximum Gasteiger partial charge on any atom is 0.0915 e. The highest BCUT2D eigenvalue weighted by Gasteiger charge is 2.11. The smallest absolute Gasteiger partial charge is 0.0915 e. The molecule has 1 atom stereocenters. The van der Waals surface area contributed by atoms with E-state index in [0.29, 0.717) is 27.8 Å². The number of halogens is 2. The van der Waals surface area contributed by atoms with Gasteiger partial charge < -0.3 is 25.6 Å². The fourth-order valence-corrected chi connectivity index (χ4v) is 3.22. The predicted octanol–water partition coefficient (Wildman–Crippen LogP) is 4.98. The van der Waals surface area contributed by atoms with Gasteiger partial charge in [0.1, 0.15) is 0 Å². The summed E-state index contributed by atoms with van der Waals surface area (Å²) >= 11 is 12.0. The van der Waals surface area contributed by atoms with Gasteiger partial charge >= 0.3 is 0 Å². The molecule has 0 amide bonds. The van der Waals surface area contributed by atoms with Gasteiger partial charge in [-0.05, 0) is 56.3 Å². The maximum atomic E-state index is 10.2. The van der Waals surface area contributed by atoms with Gasteiger partial charge in [0.05, 0.1) is 21.8 Å². The first kappa shape index (κ1) is 25.5. The molecule has 7 heteroatoms. The van der Waals surface area contributed by atoms with Crippen LogP contribution in [0.5, 0.6) is 0 Å². The molecule has 4 N–H and O–H groups in total. The van der Waals surface area contributed by atoms with Crippen LogP contribution in [0.15, 0.2) is 12.1 Å². The molecule has 1 unspecified atom stereocenters. The van der Waals surface area contributed by atoms with Crippen LogP contribution in [0.25, 0.3) is 0 Å². The molecule has 0 aliphatic carbocycles. The van der Waals surface area contributed by atoms with E-state index in [-0.39, 0.29) is 0 Å². The summed E-state index contributed by atoms with van der Waals surface area (Å²) < 4.78 is 11.1. The lowest BCUT2D eigenvalue weighted by Crippen LogP contribution is -2.22. The Kier molecular flexibility index (Phi) is 14.8. The Morgan fingerprint density at radius 1 is 0.929 bits per heavy atom. The molecule has 0 aliphatic rings. The van der Waals surface area contributed by atoms with Crippen molar-refractivity contribution in [1.82, 2.24) is 5.32 Å². The second-order valence-electron chi connectivity index (χ2n) is 6.96. The van der Waals surface area contributed by atoms with E-state index in [0.717, 1.165) is 77.9 Å². The summed E-state index contributed by atoms with van der Waals surface area (Å²) in [6.07, 6.45) is 7.05. The Labute approximate surface area is 179 Å². The second kappa shape index (κ2) is 16.3. The summed E-state index contributed by atoms with van der Waals surface area (Å²) in [5.41, 5.74) is 6.73. The third-order valence-electron chi connectivity index (χ3n) is 4.39. The van der Waals surface area contributed by atoms with E-state index < -0.39 is 6.10 Å². The molecule has 1 rings (SSSR count). The lowest BCUT2D eigenvalue weighted by molar-refractivity contribution is 0.101. The van der Waals surface area contributed by atoms with Crippen molar-refractivity contribution < 1.29 is 14.6 Å². The zero-order valence-electron chi connectivity index (χ0n) is 17.0. The number of ether oxygens (including phenoxy) is 2. The van der Waals surface area contributed by atoms with Crippen LogP contribution in [0.4, 0.5) is 5.69 Å². The van der Waals surface area contributed by atoms with Crippen LogP contribution in [0.2, 0.25) is 10.0 Å². The first-order chi connectivity index (χ1) is 13.6. The Hall–Kier alpha value is -0.560. The molecule has 1 aromatic carbocycles. The molecule has 0 spiro atoms. The highest BCUT2D eigenvalue weighted by molar-refractivity contribution is 6.38. The van der Waals surface area contributed by atoms with Gasteiger partial charge in [-0.3, -0.25) is 0 Å². The van der Waals surface area contributed by atoms with Gasteiger partial charge in [-0.25, -0.2) is 0 Å². The molecule has 28 heavy (non-hydrogen) atoms. The summed E-state index contributed by atoms with van der Waals surface area (Å²) in [6.45, 7) is 6.81. The highest BCUT2D eigenvalue weighted by Crippen LogP contribution is 2.31. The molecule has 162 valence electrons. The molecule has 1 aromatic rings. The van der Waals surface area contributed by atoms with Crippen molar-refractivity contribution in [2.75, 3.05) is 45.3 Å². The number of aliphatic hydroxyl groups excluding tert-OH is 1. The lowest BCUT2D eigenvalue weighted by Gasteiger charge is -2.14. The standard InChI is InChI=1S/C21H36Cl2N2O3/c1-2-10-27-12-7-8-13-28-11-6-4-3-5-9-25-16-20(26)17-14-18(22)21(24)19(23)15-17/h14-15,20,25-26H,2-13,16,24H2,1H3. The molecule has 5 nitrogen and oxygen atoms in total. The molecule has 0 aliphatic heterocycles. The fourth-order valence-electron chi connectivity index (χ4n) is 2.72. The molecular weight excluding hydrogens is 399 g/mol. The molecule has 0 aromatic heterocycles.